The van der Waals surface area contributed by atoms with Gasteiger partial charge >= 0.3 is 0 Å². The first-order valence-corrected chi connectivity index (χ1v) is 6.88. The Kier molecular flexibility index (Phi) is 3.64. The van der Waals surface area contributed by atoms with Crippen LogP contribution in [0, 0.1) is 0 Å². The highest BCUT2D eigenvalue weighted by Crippen LogP contribution is 2.14. The van der Waals surface area contributed by atoms with Gasteiger partial charge in [-0.3, -0.25) is 4.79 Å². The van der Waals surface area contributed by atoms with E-state index in [2.05, 4.69) is 12.1 Å². The smallest absolute Gasteiger partial charge is 0.192 e. The molecule has 0 aliphatic heterocycles. The van der Waals surface area contributed by atoms with Gasteiger partial charge in [-0.05, 0) is 30.5 Å². The van der Waals surface area contributed by atoms with Gasteiger partial charge in [0.05, 0.1) is 5.39 Å². The van der Waals surface area contributed by atoms with E-state index >= 15 is 0 Å². The minimum absolute atomic E-state index is 0.0431. The fourth-order valence-electron chi connectivity index (χ4n) is 2.39. The minimum Gasteiger partial charge on any atom is -0.461 e. The fourth-order valence-corrected chi connectivity index (χ4v) is 2.39. The highest BCUT2D eigenvalue weighted by Gasteiger charge is 2.04. The van der Waals surface area contributed by atoms with Crippen LogP contribution >= 0.6 is 0 Å². The number of hydrogen-bond acceptors (Lipinski definition) is 2. The van der Waals surface area contributed by atoms with Crippen LogP contribution in [0.15, 0.2) is 69.9 Å². The van der Waals surface area contributed by atoms with Crippen molar-refractivity contribution in [2.45, 2.75) is 19.3 Å². The second-order valence-electron chi connectivity index (χ2n) is 4.91. The zero-order chi connectivity index (χ0) is 13.8. The van der Waals surface area contributed by atoms with E-state index in [0.717, 1.165) is 25.0 Å². The molecule has 0 amide bonds. The van der Waals surface area contributed by atoms with Crippen LogP contribution in [0.3, 0.4) is 0 Å². The number of benzene rings is 2. The summed E-state index contributed by atoms with van der Waals surface area (Å²) in [5.41, 5.74) is 2.03. The van der Waals surface area contributed by atoms with Crippen molar-refractivity contribution in [3.05, 3.63) is 82.2 Å². The van der Waals surface area contributed by atoms with Crippen molar-refractivity contribution in [1.82, 2.24) is 0 Å². The molecule has 0 fully saturated rings. The normalized spacial score (nSPS) is 10.8. The van der Waals surface area contributed by atoms with Crippen LogP contribution in [0.1, 0.15) is 17.7 Å². The molecule has 0 N–H and O–H groups in total. The van der Waals surface area contributed by atoms with Gasteiger partial charge in [0.1, 0.15) is 11.3 Å². The molecule has 2 nitrogen and oxygen atoms in total. The molecule has 1 aromatic heterocycles. The number of fused-ring (bicyclic) bond motifs is 1. The second kappa shape index (κ2) is 5.74. The summed E-state index contributed by atoms with van der Waals surface area (Å²) < 4.78 is 5.78. The van der Waals surface area contributed by atoms with Crippen LogP contribution in [-0.4, -0.2) is 0 Å². The molecule has 0 radical (unpaired) electrons. The number of hydrogen-bond donors (Lipinski definition) is 0. The van der Waals surface area contributed by atoms with E-state index in [4.69, 9.17) is 4.42 Å². The van der Waals surface area contributed by atoms with Gasteiger partial charge in [0, 0.05) is 12.5 Å². The van der Waals surface area contributed by atoms with Gasteiger partial charge in [-0.1, -0.05) is 42.5 Å². The summed E-state index contributed by atoms with van der Waals surface area (Å²) in [6.07, 6.45) is 2.76. The van der Waals surface area contributed by atoms with E-state index < -0.39 is 0 Å². The van der Waals surface area contributed by atoms with Gasteiger partial charge in [0.2, 0.25) is 0 Å². The summed E-state index contributed by atoms with van der Waals surface area (Å²) in [7, 11) is 0. The van der Waals surface area contributed by atoms with Crippen molar-refractivity contribution in [2.24, 2.45) is 0 Å². The standard InChI is InChI=1S/C18H16O2/c19-17-13-15(20-18-12-5-4-11-16(17)18)10-6-9-14-7-2-1-3-8-14/h1-5,7-8,11-13H,6,9-10H2. The molecule has 3 rings (SSSR count). The van der Waals surface area contributed by atoms with Crippen molar-refractivity contribution in [3.63, 3.8) is 0 Å². The Bertz CT molecular complexity index is 757. The van der Waals surface area contributed by atoms with Crippen LogP contribution in [0.5, 0.6) is 0 Å². The third-order valence-corrected chi connectivity index (χ3v) is 3.42. The molecular weight excluding hydrogens is 248 g/mol. The summed E-state index contributed by atoms with van der Waals surface area (Å²) in [5, 5.41) is 0.652. The van der Waals surface area contributed by atoms with E-state index in [1.165, 1.54) is 5.56 Å². The lowest BCUT2D eigenvalue weighted by Gasteiger charge is -2.03. The molecular formula is C18H16O2. The zero-order valence-corrected chi connectivity index (χ0v) is 11.2. The fraction of sp³-hybridized carbons (Fsp3) is 0.167. The second-order valence-corrected chi connectivity index (χ2v) is 4.91. The maximum atomic E-state index is 12.0. The summed E-state index contributed by atoms with van der Waals surface area (Å²) >= 11 is 0. The van der Waals surface area contributed by atoms with Crippen LogP contribution in [-0.2, 0) is 12.8 Å². The molecule has 1 heterocycles. The van der Waals surface area contributed by atoms with Crippen LogP contribution < -0.4 is 5.43 Å². The van der Waals surface area contributed by atoms with Gasteiger partial charge < -0.3 is 4.42 Å². The zero-order valence-electron chi connectivity index (χ0n) is 11.2. The first-order chi connectivity index (χ1) is 9.83. The van der Waals surface area contributed by atoms with Crippen LogP contribution in [0.4, 0.5) is 0 Å². The van der Waals surface area contributed by atoms with Gasteiger partial charge in [0.25, 0.3) is 0 Å². The SMILES string of the molecule is O=c1cc(CCCc2ccccc2)oc2ccccc12. The third kappa shape index (κ3) is 2.80. The van der Waals surface area contributed by atoms with Crippen molar-refractivity contribution in [3.8, 4) is 0 Å². The molecule has 0 atom stereocenters. The molecule has 0 saturated carbocycles. The molecule has 0 bridgehead atoms. The molecule has 0 saturated heterocycles. The maximum absolute atomic E-state index is 12.0. The van der Waals surface area contributed by atoms with Gasteiger partial charge in [0.15, 0.2) is 5.43 Å². The van der Waals surface area contributed by atoms with E-state index in [9.17, 15) is 4.79 Å². The van der Waals surface area contributed by atoms with Crippen molar-refractivity contribution in [1.29, 1.82) is 0 Å². The molecule has 0 aliphatic rings. The predicted octanol–water partition coefficient (Wildman–Crippen LogP) is 3.97. The Morgan fingerprint density at radius 3 is 2.45 bits per heavy atom. The van der Waals surface area contributed by atoms with Crippen molar-refractivity contribution >= 4 is 11.0 Å². The van der Waals surface area contributed by atoms with Gasteiger partial charge in [-0.2, -0.15) is 0 Å². The number of aryl methyl sites for hydroxylation is 2. The van der Waals surface area contributed by atoms with Gasteiger partial charge in [-0.15, -0.1) is 0 Å². The first kappa shape index (κ1) is 12.7. The monoisotopic (exact) mass is 264 g/mol. The molecule has 2 heteroatoms. The lowest BCUT2D eigenvalue weighted by molar-refractivity contribution is 0.526. The average Bonchev–Trinajstić information content (AvgIpc) is 2.48. The first-order valence-electron chi connectivity index (χ1n) is 6.88. The Morgan fingerprint density at radius 2 is 1.60 bits per heavy atom. The predicted molar refractivity (Wildman–Crippen MR) is 81.0 cm³/mol. The average molecular weight is 264 g/mol. The summed E-state index contributed by atoms with van der Waals surface area (Å²) in [4.78, 5) is 12.0. The highest BCUT2D eigenvalue weighted by molar-refractivity contribution is 5.76. The maximum Gasteiger partial charge on any atom is 0.192 e. The third-order valence-electron chi connectivity index (χ3n) is 3.42. The topological polar surface area (TPSA) is 30.2 Å². The lowest BCUT2D eigenvalue weighted by Crippen LogP contribution is -2.02. The van der Waals surface area contributed by atoms with Gasteiger partial charge in [-0.25, -0.2) is 0 Å². The Morgan fingerprint density at radius 1 is 0.850 bits per heavy atom. The Labute approximate surface area is 117 Å². The number of para-hydroxylation sites is 1. The lowest BCUT2D eigenvalue weighted by atomic mass is 10.1. The van der Waals surface area contributed by atoms with E-state index in [1.807, 2.05) is 36.4 Å². The minimum atomic E-state index is 0.0431. The highest BCUT2D eigenvalue weighted by atomic mass is 16.3. The van der Waals surface area contributed by atoms with Crippen molar-refractivity contribution < 1.29 is 4.42 Å². The summed E-state index contributed by atoms with van der Waals surface area (Å²) in [6, 6.07) is 19.4. The van der Waals surface area contributed by atoms with Crippen molar-refractivity contribution in [2.75, 3.05) is 0 Å². The largest absolute Gasteiger partial charge is 0.461 e. The van der Waals surface area contributed by atoms with E-state index in [1.54, 1.807) is 12.1 Å². The molecule has 20 heavy (non-hydrogen) atoms. The quantitative estimate of drug-likeness (QED) is 0.713. The van der Waals surface area contributed by atoms with Crippen LogP contribution in [0.25, 0.3) is 11.0 Å². The molecule has 100 valence electrons. The van der Waals surface area contributed by atoms with Crippen LogP contribution in [0.2, 0.25) is 0 Å². The summed E-state index contributed by atoms with van der Waals surface area (Å²) in [6.45, 7) is 0. The Balaban J connectivity index is 1.73. The van der Waals surface area contributed by atoms with E-state index in [-0.39, 0.29) is 5.43 Å². The Hall–Kier alpha value is -2.35. The molecule has 0 spiro atoms. The summed E-state index contributed by atoms with van der Waals surface area (Å²) in [5.74, 6) is 0.768. The number of rotatable bonds is 4. The molecule has 3 aromatic rings. The van der Waals surface area contributed by atoms with E-state index in [0.29, 0.717) is 11.0 Å². The molecule has 0 unspecified atom stereocenters. The molecule has 2 aromatic carbocycles. The molecule has 0 aliphatic carbocycles.